The molecule has 4 N–H and O–H groups in total. The van der Waals surface area contributed by atoms with Crippen molar-refractivity contribution in [1.82, 2.24) is 0 Å². The predicted octanol–water partition coefficient (Wildman–Crippen LogP) is 2.27. The van der Waals surface area contributed by atoms with Gasteiger partial charge in [0.1, 0.15) is 5.75 Å². The highest BCUT2D eigenvalue weighted by Crippen LogP contribution is 2.35. The molecular weight excluding hydrogens is 262 g/mol. The van der Waals surface area contributed by atoms with Crippen molar-refractivity contribution in [2.24, 2.45) is 0 Å². The Morgan fingerprint density at radius 3 is 3.16 bits per heavy atom. The highest BCUT2D eigenvalue weighted by atomic mass is 32.1. The number of thiophene rings is 1. The van der Waals surface area contributed by atoms with E-state index in [4.69, 9.17) is 10.5 Å². The number of amides is 1. The smallest absolute Gasteiger partial charge is 0.262 e. The van der Waals surface area contributed by atoms with E-state index in [9.17, 15) is 4.79 Å². The van der Waals surface area contributed by atoms with Crippen LogP contribution in [0.3, 0.4) is 0 Å². The number of rotatable bonds is 3. The quantitative estimate of drug-likeness (QED) is 0.751. The number of carbonyl (C=O) groups is 1. The third-order valence-electron chi connectivity index (χ3n) is 2.82. The molecule has 0 fully saturated rings. The predicted molar refractivity (Wildman–Crippen MR) is 76.6 cm³/mol. The van der Waals surface area contributed by atoms with Crippen LogP contribution >= 0.6 is 11.3 Å². The third kappa shape index (κ3) is 2.48. The zero-order valence-electron chi connectivity index (χ0n) is 10.1. The number of anilines is 3. The number of carbonyl (C=O) groups excluding carboxylic acids is 1. The molecule has 5 nitrogen and oxygen atoms in total. The monoisotopic (exact) mass is 275 g/mol. The van der Waals surface area contributed by atoms with Crippen LogP contribution in [0, 0.1) is 0 Å². The second-order valence-electron chi connectivity index (χ2n) is 4.21. The molecule has 0 saturated heterocycles. The fraction of sp³-hybridized carbons (Fsp3) is 0.154. The Balaban J connectivity index is 1.81. The highest BCUT2D eigenvalue weighted by molar-refractivity contribution is 7.09. The van der Waals surface area contributed by atoms with Crippen molar-refractivity contribution in [3.63, 3.8) is 0 Å². The van der Waals surface area contributed by atoms with E-state index in [1.807, 2.05) is 11.4 Å². The standard InChI is InChI=1S/C13H13N3O2S/c14-9-4-12-11(16-13(17)7-18-12)5-10(9)15-6-8-2-1-3-19-8/h1-5,15H,6-7,14H2,(H,16,17). The Hall–Kier alpha value is -2.21. The molecule has 98 valence electrons. The molecule has 0 atom stereocenters. The van der Waals surface area contributed by atoms with Crippen LogP contribution in [0.1, 0.15) is 4.88 Å². The fourth-order valence-corrected chi connectivity index (χ4v) is 2.54. The van der Waals surface area contributed by atoms with E-state index in [1.54, 1.807) is 23.5 Å². The van der Waals surface area contributed by atoms with E-state index >= 15 is 0 Å². The first kappa shape index (κ1) is 11.9. The summed E-state index contributed by atoms with van der Waals surface area (Å²) in [6.45, 7) is 0.740. The van der Waals surface area contributed by atoms with Crippen molar-refractivity contribution in [2.45, 2.75) is 6.54 Å². The van der Waals surface area contributed by atoms with Gasteiger partial charge in [0.05, 0.1) is 17.1 Å². The molecule has 3 rings (SSSR count). The molecule has 0 saturated carbocycles. The lowest BCUT2D eigenvalue weighted by molar-refractivity contribution is -0.118. The molecule has 2 aromatic rings. The Morgan fingerprint density at radius 2 is 2.37 bits per heavy atom. The van der Waals surface area contributed by atoms with Crippen LogP contribution < -0.4 is 21.1 Å². The van der Waals surface area contributed by atoms with Crippen molar-refractivity contribution in [3.8, 4) is 5.75 Å². The zero-order chi connectivity index (χ0) is 13.2. The topological polar surface area (TPSA) is 76.4 Å². The van der Waals surface area contributed by atoms with E-state index in [1.165, 1.54) is 4.88 Å². The molecule has 0 bridgehead atoms. The number of hydrogen-bond donors (Lipinski definition) is 3. The molecule has 1 amide bonds. The number of nitrogens with two attached hydrogens (primary N) is 1. The van der Waals surface area contributed by atoms with Crippen LogP contribution in [-0.4, -0.2) is 12.5 Å². The second-order valence-corrected chi connectivity index (χ2v) is 5.24. The molecule has 0 radical (unpaired) electrons. The minimum Gasteiger partial charge on any atom is -0.482 e. The number of ether oxygens (including phenoxy) is 1. The molecule has 1 aliphatic heterocycles. The molecule has 19 heavy (non-hydrogen) atoms. The lowest BCUT2D eigenvalue weighted by Gasteiger charge is -2.20. The second kappa shape index (κ2) is 4.81. The van der Waals surface area contributed by atoms with Gasteiger partial charge in [-0.05, 0) is 17.5 Å². The molecule has 0 spiro atoms. The molecule has 1 aromatic heterocycles. The van der Waals surface area contributed by atoms with Gasteiger partial charge in [-0.3, -0.25) is 4.79 Å². The lowest BCUT2D eigenvalue weighted by Crippen LogP contribution is -2.25. The van der Waals surface area contributed by atoms with Crippen molar-refractivity contribution in [2.75, 3.05) is 23.0 Å². The van der Waals surface area contributed by atoms with E-state index in [2.05, 4.69) is 16.7 Å². The summed E-state index contributed by atoms with van der Waals surface area (Å²) in [7, 11) is 0. The Kier molecular flexibility index (Phi) is 3.00. The van der Waals surface area contributed by atoms with Gasteiger partial charge in [-0.15, -0.1) is 11.3 Å². The zero-order valence-corrected chi connectivity index (χ0v) is 10.9. The molecule has 0 aliphatic carbocycles. The van der Waals surface area contributed by atoms with Crippen LogP contribution in [0.25, 0.3) is 0 Å². The fourth-order valence-electron chi connectivity index (χ4n) is 1.89. The summed E-state index contributed by atoms with van der Waals surface area (Å²) in [6.07, 6.45) is 0. The van der Waals surface area contributed by atoms with Gasteiger partial charge in [0.15, 0.2) is 6.61 Å². The molecular formula is C13H13N3O2S. The van der Waals surface area contributed by atoms with E-state index in [-0.39, 0.29) is 12.5 Å². The van der Waals surface area contributed by atoms with Crippen molar-refractivity contribution in [1.29, 1.82) is 0 Å². The molecule has 2 heterocycles. The Morgan fingerprint density at radius 1 is 1.47 bits per heavy atom. The Bertz CT molecular complexity index is 611. The normalized spacial score (nSPS) is 13.4. The minimum atomic E-state index is -0.151. The minimum absolute atomic E-state index is 0.0361. The SMILES string of the molecule is Nc1cc2c(cc1NCc1cccs1)NC(=O)CO2. The summed E-state index contributed by atoms with van der Waals surface area (Å²) in [4.78, 5) is 12.5. The van der Waals surface area contributed by atoms with E-state index in [0.717, 1.165) is 5.69 Å². The molecule has 1 aliphatic rings. The third-order valence-corrected chi connectivity index (χ3v) is 3.69. The van der Waals surface area contributed by atoms with Gasteiger partial charge in [-0.1, -0.05) is 6.07 Å². The van der Waals surface area contributed by atoms with Gasteiger partial charge in [0.25, 0.3) is 5.91 Å². The summed E-state index contributed by atoms with van der Waals surface area (Å²) in [5.41, 5.74) is 8.01. The summed E-state index contributed by atoms with van der Waals surface area (Å²) < 4.78 is 5.30. The van der Waals surface area contributed by atoms with Crippen LogP contribution in [0.2, 0.25) is 0 Å². The van der Waals surface area contributed by atoms with Gasteiger partial charge in [-0.25, -0.2) is 0 Å². The first-order valence-corrected chi connectivity index (χ1v) is 6.73. The summed E-state index contributed by atoms with van der Waals surface area (Å²) in [5, 5.41) is 8.05. The van der Waals surface area contributed by atoms with Gasteiger partial charge >= 0.3 is 0 Å². The summed E-state index contributed by atoms with van der Waals surface area (Å²) in [5.74, 6) is 0.459. The van der Waals surface area contributed by atoms with E-state index < -0.39 is 0 Å². The van der Waals surface area contributed by atoms with Gasteiger partial charge in [-0.2, -0.15) is 0 Å². The number of benzene rings is 1. The maximum Gasteiger partial charge on any atom is 0.262 e. The largest absolute Gasteiger partial charge is 0.482 e. The number of nitrogen functional groups attached to an aromatic ring is 1. The van der Waals surface area contributed by atoms with Gasteiger partial charge in [0, 0.05) is 17.5 Å². The Labute approximate surface area is 114 Å². The maximum atomic E-state index is 11.3. The molecule has 0 unspecified atom stereocenters. The number of hydrogen-bond acceptors (Lipinski definition) is 5. The van der Waals surface area contributed by atoms with E-state index in [0.29, 0.717) is 23.7 Å². The van der Waals surface area contributed by atoms with Crippen LogP contribution in [0.5, 0.6) is 5.75 Å². The van der Waals surface area contributed by atoms with Gasteiger partial charge < -0.3 is 21.1 Å². The van der Waals surface area contributed by atoms with Crippen LogP contribution in [0.15, 0.2) is 29.6 Å². The molecule has 1 aromatic carbocycles. The average Bonchev–Trinajstić information content (AvgIpc) is 2.90. The molecule has 6 heteroatoms. The average molecular weight is 275 g/mol. The van der Waals surface area contributed by atoms with Crippen LogP contribution in [0.4, 0.5) is 17.1 Å². The van der Waals surface area contributed by atoms with Crippen molar-refractivity contribution < 1.29 is 9.53 Å². The lowest BCUT2D eigenvalue weighted by atomic mass is 10.2. The first-order valence-electron chi connectivity index (χ1n) is 5.85. The summed E-state index contributed by atoms with van der Waals surface area (Å²) in [6, 6.07) is 7.59. The van der Waals surface area contributed by atoms with Gasteiger partial charge in [0.2, 0.25) is 0 Å². The number of nitrogens with one attached hydrogen (secondary N) is 2. The number of fused-ring (bicyclic) bond motifs is 1. The van der Waals surface area contributed by atoms with Crippen molar-refractivity contribution >= 4 is 34.3 Å². The highest BCUT2D eigenvalue weighted by Gasteiger charge is 2.17. The first-order chi connectivity index (χ1) is 9.22. The maximum absolute atomic E-state index is 11.3. The van der Waals surface area contributed by atoms with Crippen molar-refractivity contribution in [3.05, 3.63) is 34.5 Å². The van der Waals surface area contributed by atoms with Crippen LogP contribution in [-0.2, 0) is 11.3 Å². The summed E-state index contributed by atoms with van der Waals surface area (Å²) >= 11 is 1.68.